The van der Waals surface area contributed by atoms with Gasteiger partial charge in [-0.15, -0.1) is 0 Å². The second-order valence-corrected chi connectivity index (χ2v) is 5.00. The summed E-state index contributed by atoms with van der Waals surface area (Å²) >= 11 is 0. The minimum atomic E-state index is -0.165. The number of nitrogens with zero attached hydrogens (tertiary/aromatic N) is 2. The first-order valence-corrected chi connectivity index (χ1v) is 7.40. The molecule has 24 heavy (non-hydrogen) atoms. The molecule has 1 aliphatic rings. The van der Waals surface area contributed by atoms with Gasteiger partial charge in [-0.3, -0.25) is 15.2 Å². The summed E-state index contributed by atoms with van der Waals surface area (Å²) in [5.41, 5.74) is 4.12. The van der Waals surface area contributed by atoms with E-state index < -0.39 is 0 Å². The normalized spacial score (nSPS) is 13.8. The summed E-state index contributed by atoms with van der Waals surface area (Å²) in [6.45, 7) is 0.969. The molecule has 2 rings (SSSR count). The number of aliphatic hydroxyl groups excluding tert-OH is 1. The van der Waals surface area contributed by atoms with Crippen LogP contribution in [0, 0.1) is 5.41 Å². The predicted octanol–water partition coefficient (Wildman–Crippen LogP) is 0.483. The first kappa shape index (κ1) is 17.6. The molecule has 0 bridgehead atoms. The second-order valence-electron chi connectivity index (χ2n) is 5.00. The van der Waals surface area contributed by atoms with Gasteiger partial charge in [-0.1, -0.05) is 12.1 Å². The first-order valence-electron chi connectivity index (χ1n) is 7.40. The quantitative estimate of drug-likeness (QED) is 0.277. The van der Waals surface area contributed by atoms with Gasteiger partial charge in [0, 0.05) is 12.6 Å². The summed E-state index contributed by atoms with van der Waals surface area (Å²) in [5.74, 6) is 0.488. The van der Waals surface area contributed by atoms with Crippen LogP contribution in [0.4, 0.5) is 0 Å². The van der Waals surface area contributed by atoms with Crippen molar-refractivity contribution in [2.24, 2.45) is 5.10 Å². The van der Waals surface area contributed by atoms with Crippen LogP contribution in [0.15, 0.2) is 41.0 Å². The van der Waals surface area contributed by atoms with Crippen LogP contribution in [0.3, 0.4) is 0 Å². The van der Waals surface area contributed by atoms with E-state index in [1.165, 1.54) is 13.1 Å². The topological polar surface area (TPSA) is 107 Å². The van der Waals surface area contributed by atoms with Gasteiger partial charge in [0.25, 0.3) is 5.90 Å². The summed E-state index contributed by atoms with van der Waals surface area (Å²) in [5, 5.41) is 22.6. The number of carbonyl (C=O) groups excluding carboxylic acids is 1. The number of hydrogen-bond donors (Lipinski definition) is 3. The summed E-state index contributed by atoms with van der Waals surface area (Å²) in [6.07, 6.45) is 2.28. The van der Waals surface area contributed by atoms with Crippen molar-refractivity contribution in [3.05, 3.63) is 41.5 Å². The van der Waals surface area contributed by atoms with Gasteiger partial charge in [0.1, 0.15) is 24.4 Å². The number of hydroxylamine groups is 1. The van der Waals surface area contributed by atoms with Crippen LogP contribution in [0.5, 0.6) is 5.75 Å². The van der Waals surface area contributed by atoms with Gasteiger partial charge in [-0.05, 0) is 23.8 Å². The van der Waals surface area contributed by atoms with Crippen molar-refractivity contribution in [3.8, 4) is 5.75 Å². The van der Waals surface area contributed by atoms with Crippen molar-refractivity contribution >= 4 is 17.9 Å². The molecule has 0 spiro atoms. The molecule has 0 amide bonds. The average molecular weight is 332 g/mol. The fourth-order valence-corrected chi connectivity index (χ4v) is 2.18. The number of rotatable bonds is 8. The molecule has 0 aliphatic carbocycles. The van der Waals surface area contributed by atoms with Gasteiger partial charge >= 0.3 is 0 Å². The van der Waals surface area contributed by atoms with Gasteiger partial charge < -0.3 is 14.7 Å². The van der Waals surface area contributed by atoms with Crippen LogP contribution in [0.25, 0.3) is 0 Å². The fraction of sp³-hybridized carbons (Fsp3) is 0.312. The van der Waals surface area contributed by atoms with E-state index in [0.29, 0.717) is 24.4 Å². The zero-order valence-corrected chi connectivity index (χ0v) is 13.4. The summed E-state index contributed by atoms with van der Waals surface area (Å²) in [6, 6.07) is 7.41. The van der Waals surface area contributed by atoms with Crippen molar-refractivity contribution in [1.29, 1.82) is 5.41 Å². The molecule has 0 unspecified atom stereocenters. The second kappa shape index (κ2) is 8.80. The van der Waals surface area contributed by atoms with E-state index in [1.807, 2.05) is 18.2 Å². The van der Waals surface area contributed by atoms with E-state index in [9.17, 15) is 4.79 Å². The maximum absolute atomic E-state index is 11.1. The molecule has 8 nitrogen and oxygen atoms in total. The van der Waals surface area contributed by atoms with Crippen LogP contribution >= 0.6 is 0 Å². The molecule has 3 N–H and O–H groups in total. The van der Waals surface area contributed by atoms with Crippen LogP contribution in [0.2, 0.25) is 0 Å². The summed E-state index contributed by atoms with van der Waals surface area (Å²) in [4.78, 5) is 16.0. The molecule has 0 saturated heterocycles. The third-order valence-corrected chi connectivity index (χ3v) is 3.15. The van der Waals surface area contributed by atoms with Gasteiger partial charge in [0.2, 0.25) is 0 Å². The van der Waals surface area contributed by atoms with Gasteiger partial charge in [0.05, 0.1) is 19.7 Å². The predicted molar refractivity (Wildman–Crippen MR) is 88.9 cm³/mol. The Hall–Kier alpha value is -2.71. The standard InChI is InChI=1S/C16H20N4O4/c1-18-24-16(17)15-8-13(11-22)10-20(19-15)9-12-3-2-4-14(7-12)23-6-5-21/h2-4,7-8,11,17-18,21H,5-6,9-10H2,1H3. The first-order chi connectivity index (χ1) is 11.7. The largest absolute Gasteiger partial charge is 0.491 e. The zero-order valence-electron chi connectivity index (χ0n) is 13.4. The Morgan fingerprint density at radius 2 is 2.38 bits per heavy atom. The number of aldehydes is 1. The Bertz CT molecular complexity index is 657. The van der Waals surface area contributed by atoms with Crippen molar-refractivity contribution < 1.29 is 19.5 Å². The van der Waals surface area contributed by atoms with Crippen molar-refractivity contribution in [2.75, 3.05) is 26.8 Å². The molecule has 1 aromatic rings. The minimum absolute atomic E-state index is 0.0505. The lowest BCUT2D eigenvalue weighted by molar-refractivity contribution is -0.105. The van der Waals surface area contributed by atoms with E-state index in [-0.39, 0.29) is 24.8 Å². The van der Waals surface area contributed by atoms with Crippen LogP contribution in [0.1, 0.15) is 5.56 Å². The third-order valence-electron chi connectivity index (χ3n) is 3.15. The van der Waals surface area contributed by atoms with Crippen LogP contribution in [-0.2, 0) is 16.2 Å². The number of benzene rings is 1. The number of ether oxygens (including phenoxy) is 1. The van der Waals surface area contributed by atoms with Gasteiger partial charge in [0.15, 0.2) is 0 Å². The minimum Gasteiger partial charge on any atom is -0.491 e. The number of hydrazone groups is 1. The van der Waals surface area contributed by atoms with E-state index in [0.717, 1.165) is 11.8 Å². The number of nitrogens with one attached hydrogen (secondary N) is 2. The van der Waals surface area contributed by atoms with Crippen molar-refractivity contribution in [1.82, 2.24) is 10.5 Å². The molecule has 1 aliphatic heterocycles. The molecule has 0 aromatic heterocycles. The lowest BCUT2D eigenvalue weighted by Gasteiger charge is -2.24. The number of hydrogen-bond acceptors (Lipinski definition) is 8. The smallest absolute Gasteiger partial charge is 0.258 e. The molecule has 1 heterocycles. The highest BCUT2D eigenvalue weighted by molar-refractivity contribution is 6.42. The van der Waals surface area contributed by atoms with Crippen molar-refractivity contribution in [2.45, 2.75) is 6.54 Å². The Kier molecular flexibility index (Phi) is 6.47. The fourth-order valence-electron chi connectivity index (χ4n) is 2.18. The Morgan fingerprint density at radius 3 is 3.08 bits per heavy atom. The summed E-state index contributed by atoms with van der Waals surface area (Å²) in [7, 11) is 1.54. The molecule has 0 saturated carbocycles. The third kappa shape index (κ3) is 4.90. The molecular formula is C16H20N4O4. The average Bonchev–Trinajstić information content (AvgIpc) is 2.60. The highest BCUT2D eigenvalue weighted by Crippen LogP contribution is 2.17. The number of carbonyl (C=O) groups is 1. The number of aliphatic hydroxyl groups is 1. The van der Waals surface area contributed by atoms with Gasteiger partial charge in [-0.2, -0.15) is 10.6 Å². The van der Waals surface area contributed by atoms with E-state index in [4.69, 9.17) is 20.1 Å². The SMILES string of the molecule is CNOC(=N)C1=NN(Cc2cccc(OCCO)c2)CC(C=O)=C1. The van der Waals surface area contributed by atoms with Crippen LogP contribution < -0.4 is 10.2 Å². The molecule has 1 aromatic carbocycles. The van der Waals surface area contributed by atoms with E-state index in [2.05, 4.69) is 10.6 Å². The Labute approximate surface area is 139 Å². The molecule has 0 fully saturated rings. The Morgan fingerprint density at radius 1 is 1.54 bits per heavy atom. The maximum atomic E-state index is 11.1. The monoisotopic (exact) mass is 332 g/mol. The highest BCUT2D eigenvalue weighted by Gasteiger charge is 2.18. The van der Waals surface area contributed by atoms with E-state index in [1.54, 1.807) is 11.1 Å². The zero-order chi connectivity index (χ0) is 17.4. The lowest BCUT2D eigenvalue weighted by atomic mass is 10.1. The lowest BCUT2D eigenvalue weighted by Crippen LogP contribution is -2.31. The highest BCUT2D eigenvalue weighted by atomic mass is 16.6. The molecule has 8 heteroatoms. The molecular weight excluding hydrogens is 312 g/mol. The van der Waals surface area contributed by atoms with Crippen LogP contribution in [-0.4, -0.2) is 54.8 Å². The Balaban J connectivity index is 2.12. The van der Waals surface area contributed by atoms with Crippen molar-refractivity contribution in [3.63, 3.8) is 0 Å². The maximum Gasteiger partial charge on any atom is 0.258 e. The molecule has 128 valence electrons. The summed E-state index contributed by atoms with van der Waals surface area (Å²) < 4.78 is 5.38. The van der Waals surface area contributed by atoms with Gasteiger partial charge in [-0.25, -0.2) is 0 Å². The molecule has 0 atom stereocenters. The van der Waals surface area contributed by atoms with E-state index >= 15 is 0 Å². The molecule has 0 radical (unpaired) electrons.